The van der Waals surface area contributed by atoms with E-state index >= 15 is 0 Å². The lowest BCUT2D eigenvalue weighted by atomic mass is 10.1. The van der Waals surface area contributed by atoms with Crippen molar-refractivity contribution in [2.24, 2.45) is 0 Å². The van der Waals surface area contributed by atoms with Gasteiger partial charge in [-0.05, 0) is 12.6 Å². The largest absolute Gasteiger partial charge is 0.471 e. The molecule has 4 nitrogen and oxygen atoms in total. The second-order valence-corrected chi connectivity index (χ2v) is 5.63. The van der Waals surface area contributed by atoms with Gasteiger partial charge in [-0.3, -0.25) is 9.05 Å². The number of rotatable bonds is 8. The highest BCUT2D eigenvalue weighted by Crippen LogP contribution is 2.40. The molecule has 0 aromatic carbocycles. The van der Waals surface area contributed by atoms with Crippen molar-refractivity contribution in [3.63, 3.8) is 0 Å². The Kier molecular flexibility index (Phi) is 16.1. The van der Waals surface area contributed by atoms with Crippen LogP contribution in [-0.2, 0) is 13.6 Å². The Hall–Kier alpha value is 0.540. The van der Waals surface area contributed by atoms with Gasteiger partial charge >= 0.3 is 7.82 Å². The van der Waals surface area contributed by atoms with E-state index in [9.17, 15) is 4.57 Å². The van der Waals surface area contributed by atoms with E-state index in [2.05, 4.69) is 25.2 Å². The fourth-order valence-corrected chi connectivity index (χ4v) is 1.44. The topological polar surface area (TPSA) is 55.8 Å². The van der Waals surface area contributed by atoms with Gasteiger partial charge in [-0.2, -0.15) is 0 Å². The van der Waals surface area contributed by atoms with Crippen molar-refractivity contribution in [3.05, 3.63) is 0 Å². The summed E-state index contributed by atoms with van der Waals surface area (Å²) in [5.74, 6) is 0. The molecule has 0 rings (SSSR count). The van der Waals surface area contributed by atoms with Crippen LogP contribution in [0, 0.1) is 0 Å². The molecule has 0 bridgehead atoms. The zero-order valence-electron chi connectivity index (χ0n) is 10.6. The molecule has 0 aliphatic rings. The number of phosphoric ester groups is 1. The Bertz CT molecular complexity index is 162. The van der Waals surface area contributed by atoms with E-state index in [1.54, 1.807) is 0 Å². The van der Waals surface area contributed by atoms with E-state index in [-0.39, 0.29) is 0 Å². The maximum atomic E-state index is 10.1. The van der Waals surface area contributed by atoms with E-state index < -0.39 is 7.82 Å². The zero-order chi connectivity index (χ0) is 12.9. The van der Waals surface area contributed by atoms with Crippen LogP contribution in [0.1, 0.15) is 45.4 Å². The second kappa shape index (κ2) is 13.6. The lowest BCUT2D eigenvalue weighted by Crippen LogP contribution is -1.83. The fourth-order valence-electron chi connectivity index (χ4n) is 0.999. The molecule has 0 fully saturated rings. The molecular formula is C10H26O4P2. The van der Waals surface area contributed by atoms with Crippen molar-refractivity contribution in [3.8, 4) is 0 Å². The average Bonchev–Trinajstić information content (AvgIpc) is 2.30. The van der Waals surface area contributed by atoms with Crippen molar-refractivity contribution < 1.29 is 18.5 Å². The number of hydrogen-bond acceptors (Lipinski definition) is 3. The summed E-state index contributed by atoms with van der Waals surface area (Å²) in [6.07, 6.45) is 9.80. The van der Waals surface area contributed by atoms with Crippen molar-refractivity contribution >= 4 is 17.1 Å². The Morgan fingerprint density at radius 1 is 1.06 bits per heavy atom. The summed E-state index contributed by atoms with van der Waals surface area (Å²) in [5.41, 5.74) is 0. The third kappa shape index (κ3) is 17.0. The van der Waals surface area contributed by atoms with Crippen LogP contribution in [0.5, 0.6) is 0 Å². The Balaban J connectivity index is 0. The molecular weight excluding hydrogens is 246 g/mol. The Labute approximate surface area is 102 Å². The van der Waals surface area contributed by atoms with Crippen LogP contribution in [-0.4, -0.2) is 25.3 Å². The smallest absolute Gasteiger partial charge is 0.303 e. The lowest BCUT2D eigenvalue weighted by Gasteiger charge is -2.01. The molecule has 0 saturated carbocycles. The molecule has 0 aromatic rings. The van der Waals surface area contributed by atoms with Crippen LogP contribution in [0.2, 0.25) is 0 Å². The predicted octanol–water partition coefficient (Wildman–Crippen LogP) is 3.60. The standard InChI is InChI=1S/C8H19P.C2H7O4P/c1-2-3-4-5-6-7-8-9;1-5-7(3,4)6-2/h2-9H2,1H3;1-2H3,(H,3,4). The summed E-state index contributed by atoms with van der Waals surface area (Å²) >= 11 is 0. The minimum atomic E-state index is -3.65. The van der Waals surface area contributed by atoms with E-state index in [0.29, 0.717) is 0 Å². The molecule has 0 saturated heterocycles. The molecule has 16 heavy (non-hydrogen) atoms. The normalized spacial score (nSPS) is 10.8. The first-order chi connectivity index (χ1) is 7.54. The van der Waals surface area contributed by atoms with Gasteiger partial charge in [0, 0.05) is 14.2 Å². The predicted molar refractivity (Wildman–Crippen MR) is 71.8 cm³/mol. The third-order valence-electron chi connectivity index (χ3n) is 2.02. The van der Waals surface area contributed by atoms with Crippen molar-refractivity contribution in [2.45, 2.75) is 45.4 Å². The van der Waals surface area contributed by atoms with Crippen LogP contribution < -0.4 is 0 Å². The first-order valence-corrected chi connectivity index (χ1v) is 7.99. The van der Waals surface area contributed by atoms with Crippen LogP contribution in [0.4, 0.5) is 0 Å². The maximum Gasteiger partial charge on any atom is 0.471 e. The highest BCUT2D eigenvalue weighted by molar-refractivity contribution is 7.47. The van der Waals surface area contributed by atoms with Crippen molar-refractivity contribution in [2.75, 3.05) is 20.4 Å². The lowest BCUT2D eigenvalue weighted by molar-refractivity contribution is 0.204. The molecule has 0 aromatic heterocycles. The van der Waals surface area contributed by atoms with E-state index in [1.807, 2.05) is 0 Å². The molecule has 1 unspecified atom stereocenters. The highest BCUT2D eigenvalue weighted by atomic mass is 31.2. The molecule has 0 aliphatic heterocycles. The molecule has 6 heteroatoms. The van der Waals surface area contributed by atoms with Crippen LogP contribution in [0.3, 0.4) is 0 Å². The molecule has 0 radical (unpaired) electrons. The minimum absolute atomic E-state index is 1.10. The first kappa shape index (κ1) is 18.9. The summed E-state index contributed by atoms with van der Waals surface area (Å²) in [6, 6.07) is 0. The quantitative estimate of drug-likeness (QED) is 0.542. The van der Waals surface area contributed by atoms with Crippen LogP contribution >= 0.6 is 17.1 Å². The van der Waals surface area contributed by atoms with E-state index in [1.165, 1.54) is 44.7 Å². The average molecular weight is 272 g/mol. The van der Waals surface area contributed by atoms with Gasteiger partial charge in [0.1, 0.15) is 0 Å². The van der Waals surface area contributed by atoms with Gasteiger partial charge in [0.15, 0.2) is 0 Å². The van der Waals surface area contributed by atoms with Gasteiger partial charge < -0.3 is 4.89 Å². The molecule has 1 atom stereocenters. The summed E-state index contributed by atoms with van der Waals surface area (Å²) in [6.45, 7) is 2.26. The van der Waals surface area contributed by atoms with Gasteiger partial charge in [-0.15, -0.1) is 9.24 Å². The monoisotopic (exact) mass is 272 g/mol. The van der Waals surface area contributed by atoms with Gasteiger partial charge in [0.25, 0.3) is 0 Å². The minimum Gasteiger partial charge on any atom is -0.303 e. The number of hydrogen-bond donors (Lipinski definition) is 1. The summed E-state index contributed by atoms with van der Waals surface area (Å²) in [4.78, 5) is 8.24. The van der Waals surface area contributed by atoms with Crippen molar-refractivity contribution in [1.82, 2.24) is 0 Å². The second-order valence-electron chi connectivity index (χ2n) is 3.39. The van der Waals surface area contributed by atoms with Gasteiger partial charge in [-0.1, -0.05) is 39.0 Å². The van der Waals surface area contributed by atoms with Gasteiger partial charge in [-0.25, -0.2) is 4.57 Å². The fraction of sp³-hybridized carbons (Fsp3) is 1.00. The van der Waals surface area contributed by atoms with E-state index in [4.69, 9.17) is 4.89 Å². The molecule has 100 valence electrons. The Morgan fingerprint density at radius 2 is 1.50 bits per heavy atom. The molecule has 0 spiro atoms. The molecule has 0 heterocycles. The Morgan fingerprint density at radius 3 is 1.81 bits per heavy atom. The zero-order valence-corrected chi connectivity index (χ0v) is 12.7. The van der Waals surface area contributed by atoms with E-state index in [0.717, 1.165) is 14.2 Å². The molecule has 0 aliphatic carbocycles. The summed E-state index contributed by atoms with van der Waals surface area (Å²) < 4.78 is 18.0. The summed E-state index contributed by atoms with van der Waals surface area (Å²) in [5, 5.41) is 0. The first-order valence-electron chi connectivity index (χ1n) is 5.68. The van der Waals surface area contributed by atoms with Gasteiger partial charge in [0.2, 0.25) is 0 Å². The SMILES string of the molecule is CCCCCCCCP.COP(=O)(O)OC. The molecule has 1 N–H and O–H groups in total. The maximum absolute atomic E-state index is 10.1. The molecule has 0 amide bonds. The number of phosphoric acid groups is 1. The van der Waals surface area contributed by atoms with Crippen LogP contribution in [0.25, 0.3) is 0 Å². The van der Waals surface area contributed by atoms with Crippen molar-refractivity contribution in [1.29, 1.82) is 0 Å². The number of unbranched alkanes of at least 4 members (excludes halogenated alkanes) is 5. The van der Waals surface area contributed by atoms with Gasteiger partial charge in [0.05, 0.1) is 0 Å². The summed E-state index contributed by atoms with van der Waals surface area (Å²) in [7, 11) is 1.33. The van der Waals surface area contributed by atoms with Crippen LogP contribution in [0.15, 0.2) is 0 Å². The third-order valence-corrected chi connectivity index (χ3v) is 3.35. The highest BCUT2D eigenvalue weighted by Gasteiger charge is 2.13.